The molecule has 25 heavy (non-hydrogen) atoms. The lowest BCUT2D eigenvalue weighted by Crippen LogP contribution is -2.39. The molecule has 134 valence electrons. The van der Waals surface area contributed by atoms with E-state index in [0.717, 1.165) is 37.2 Å². The minimum Gasteiger partial charge on any atom is -0.464 e. The number of halogens is 1. The summed E-state index contributed by atoms with van der Waals surface area (Å²) in [6, 6.07) is 9.58. The number of carbonyl (C=O) groups is 1. The Labute approximate surface area is 147 Å². The number of aliphatic hydroxyl groups excluding tert-OH is 1. The molecule has 1 aliphatic heterocycles. The van der Waals surface area contributed by atoms with Crippen molar-refractivity contribution < 1.29 is 18.7 Å². The normalized spacial score (nSPS) is 19.0. The van der Waals surface area contributed by atoms with Crippen molar-refractivity contribution in [3.63, 3.8) is 0 Å². The van der Waals surface area contributed by atoms with E-state index in [0.29, 0.717) is 12.1 Å². The SMILES string of the molecule is CCc1ccc(C2CCCCN2C(=O)CC(O)c2cccc(F)c2)o1. The highest BCUT2D eigenvalue weighted by atomic mass is 19.1. The molecule has 5 heteroatoms. The number of aliphatic hydroxyl groups is 1. The molecule has 1 aromatic heterocycles. The first-order valence-electron chi connectivity index (χ1n) is 8.90. The van der Waals surface area contributed by atoms with E-state index < -0.39 is 11.9 Å². The first kappa shape index (κ1) is 17.7. The fraction of sp³-hybridized carbons (Fsp3) is 0.450. The monoisotopic (exact) mass is 345 g/mol. The molecule has 2 unspecified atom stereocenters. The summed E-state index contributed by atoms with van der Waals surface area (Å²) in [5, 5.41) is 10.3. The number of nitrogens with zero attached hydrogens (tertiary/aromatic N) is 1. The lowest BCUT2D eigenvalue weighted by Gasteiger charge is -2.35. The summed E-state index contributed by atoms with van der Waals surface area (Å²) in [6.45, 7) is 2.68. The van der Waals surface area contributed by atoms with Crippen LogP contribution in [0.4, 0.5) is 4.39 Å². The van der Waals surface area contributed by atoms with Crippen LogP contribution in [0, 0.1) is 5.82 Å². The predicted octanol–water partition coefficient (Wildman–Crippen LogP) is 4.16. The molecule has 0 spiro atoms. The van der Waals surface area contributed by atoms with Crippen molar-refractivity contribution in [2.45, 2.75) is 51.2 Å². The zero-order chi connectivity index (χ0) is 17.8. The van der Waals surface area contributed by atoms with Crippen molar-refractivity contribution in [3.05, 3.63) is 59.3 Å². The lowest BCUT2D eigenvalue weighted by atomic mass is 9.98. The van der Waals surface area contributed by atoms with Gasteiger partial charge in [0.25, 0.3) is 0 Å². The van der Waals surface area contributed by atoms with Crippen molar-refractivity contribution in [2.24, 2.45) is 0 Å². The molecule has 3 rings (SSSR count). The summed E-state index contributed by atoms with van der Waals surface area (Å²) in [5.41, 5.74) is 0.424. The third-order valence-corrected chi connectivity index (χ3v) is 4.78. The van der Waals surface area contributed by atoms with E-state index >= 15 is 0 Å². The van der Waals surface area contributed by atoms with Gasteiger partial charge < -0.3 is 14.4 Å². The number of hydrogen-bond acceptors (Lipinski definition) is 3. The van der Waals surface area contributed by atoms with Crippen LogP contribution in [0.1, 0.15) is 61.8 Å². The van der Waals surface area contributed by atoms with Crippen LogP contribution in [0.15, 0.2) is 40.8 Å². The van der Waals surface area contributed by atoms with E-state index in [1.54, 1.807) is 11.0 Å². The number of benzene rings is 1. The van der Waals surface area contributed by atoms with Gasteiger partial charge in [-0.25, -0.2) is 4.39 Å². The van der Waals surface area contributed by atoms with E-state index in [-0.39, 0.29) is 18.4 Å². The van der Waals surface area contributed by atoms with Gasteiger partial charge in [0.1, 0.15) is 17.3 Å². The van der Waals surface area contributed by atoms with E-state index in [9.17, 15) is 14.3 Å². The first-order valence-corrected chi connectivity index (χ1v) is 8.90. The molecule has 1 amide bonds. The molecule has 4 nitrogen and oxygen atoms in total. The number of aryl methyl sites for hydroxylation is 1. The number of furan rings is 1. The molecule has 0 bridgehead atoms. The van der Waals surface area contributed by atoms with Gasteiger partial charge in [0, 0.05) is 13.0 Å². The highest BCUT2D eigenvalue weighted by Crippen LogP contribution is 2.33. The Morgan fingerprint density at radius 1 is 1.36 bits per heavy atom. The molecule has 0 aliphatic carbocycles. The fourth-order valence-electron chi connectivity index (χ4n) is 3.40. The highest BCUT2D eigenvalue weighted by molar-refractivity contribution is 5.77. The highest BCUT2D eigenvalue weighted by Gasteiger charge is 2.31. The van der Waals surface area contributed by atoms with Crippen LogP contribution in [-0.4, -0.2) is 22.5 Å². The molecular weight excluding hydrogens is 321 g/mol. The summed E-state index contributed by atoms with van der Waals surface area (Å²) >= 11 is 0. The summed E-state index contributed by atoms with van der Waals surface area (Å²) < 4.78 is 19.2. The third-order valence-electron chi connectivity index (χ3n) is 4.78. The largest absolute Gasteiger partial charge is 0.464 e. The van der Waals surface area contributed by atoms with Gasteiger partial charge in [-0.2, -0.15) is 0 Å². The Morgan fingerprint density at radius 3 is 2.92 bits per heavy atom. The molecule has 0 radical (unpaired) electrons. The second-order valence-electron chi connectivity index (χ2n) is 6.53. The van der Waals surface area contributed by atoms with Gasteiger partial charge in [0.2, 0.25) is 5.91 Å². The van der Waals surface area contributed by atoms with Crippen LogP contribution in [-0.2, 0) is 11.2 Å². The number of rotatable bonds is 5. The fourth-order valence-corrected chi connectivity index (χ4v) is 3.40. The number of piperidine rings is 1. The Hall–Kier alpha value is -2.14. The molecule has 1 N–H and O–H groups in total. The van der Waals surface area contributed by atoms with Gasteiger partial charge in [-0.3, -0.25) is 4.79 Å². The van der Waals surface area contributed by atoms with Crippen molar-refractivity contribution in [1.29, 1.82) is 0 Å². The zero-order valence-corrected chi connectivity index (χ0v) is 14.5. The Morgan fingerprint density at radius 2 is 2.20 bits per heavy atom. The van der Waals surface area contributed by atoms with Crippen LogP contribution in [0.5, 0.6) is 0 Å². The van der Waals surface area contributed by atoms with Crippen LogP contribution in [0.3, 0.4) is 0 Å². The molecule has 1 fully saturated rings. The Kier molecular flexibility index (Phi) is 5.53. The molecule has 0 saturated carbocycles. The third kappa shape index (κ3) is 4.10. The molecule has 2 aromatic rings. The summed E-state index contributed by atoms with van der Waals surface area (Å²) in [7, 11) is 0. The Bertz CT molecular complexity index is 727. The molecule has 1 saturated heterocycles. The van der Waals surface area contributed by atoms with Crippen molar-refractivity contribution in [1.82, 2.24) is 4.90 Å². The van der Waals surface area contributed by atoms with Gasteiger partial charge in [0.05, 0.1) is 18.6 Å². The topological polar surface area (TPSA) is 53.7 Å². The molecule has 2 heterocycles. The summed E-state index contributed by atoms with van der Waals surface area (Å²) in [4.78, 5) is 14.6. The minimum absolute atomic E-state index is 0.0543. The van der Waals surface area contributed by atoms with E-state index in [4.69, 9.17) is 4.42 Å². The zero-order valence-electron chi connectivity index (χ0n) is 14.5. The molecule has 2 atom stereocenters. The van der Waals surface area contributed by atoms with Gasteiger partial charge in [0.15, 0.2) is 0 Å². The summed E-state index contributed by atoms with van der Waals surface area (Å²) in [5.74, 6) is 1.18. The van der Waals surface area contributed by atoms with Crippen LogP contribution in [0.2, 0.25) is 0 Å². The van der Waals surface area contributed by atoms with Crippen molar-refractivity contribution in [2.75, 3.05) is 6.54 Å². The lowest BCUT2D eigenvalue weighted by molar-refractivity contribution is -0.137. The minimum atomic E-state index is -1.01. The second kappa shape index (κ2) is 7.83. The average Bonchev–Trinajstić information content (AvgIpc) is 3.10. The molecular formula is C20H24FNO3. The standard InChI is InChI=1S/C20H24FNO3/c1-2-16-9-10-19(25-16)17-8-3-4-11-22(17)20(24)13-18(23)14-6-5-7-15(21)12-14/h5-7,9-10,12,17-18,23H,2-4,8,11,13H2,1H3. The number of hydrogen-bond donors (Lipinski definition) is 1. The van der Waals surface area contributed by atoms with Gasteiger partial charge in [-0.05, 0) is 49.1 Å². The maximum Gasteiger partial charge on any atom is 0.226 e. The van der Waals surface area contributed by atoms with Crippen molar-refractivity contribution in [3.8, 4) is 0 Å². The maximum absolute atomic E-state index is 13.3. The second-order valence-corrected chi connectivity index (χ2v) is 6.53. The van der Waals surface area contributed by atoms with Gasteiger partial charge in [-0.1, -0.05) is 19.1 Å². The Balaban J connectivity index is 1.72. The number of carbonyl (C=O) groups excluding carboxylic acids is 1. The summed E-state index contributed by atoms with van der Waals surface area (Å²) in [6.07, 6.45) is 2.61. The van der Waals surface area contributed by atoms with E-state index in [2.05, 4.69) is 0 Å². The predicted molar refractivity (Wildman–Crippen MR) is 92.4 cm³/mol. The molecule has 1 aliphatic rings. The average molecular weight is 345 g/mol. The van der Waals surface area contributed by atoms with E-state index in [1.807, 2.05) is 19.1 Å². The molecule has 1 aromatic carbocycles. The maximum atomic E-state index is 13.3. The van der Waals surface area contributed by atoms with Gasteiger partial charge in [-0.15, -0.1) is 0 Å². The number of likely N-dealkylation sites (tertiary alicyclic amines) is 1. The number of amides is 1. The van der Waals surface area contributed by atoms with Crippen molar-refractivity contribution >= 4 is 5.91 Å². The smallest absolute Gasteiger partial charge is 0.226 e. The van der Waals surface area contributed by atoms with Crippen LogP contribution in [0.25, 0.3) is 0 Å². The van der Waals surface area contributed by atoms with Gasteiger partial charge >= 0.3 is 0 Å². The van der Waals surface area contributed by atoms with Crippen LogP contribution >= 0.6 is 0 Å². The quantitative estimate of drug-likeness (QED) is 0.885. The van der Waals surface area contributed by atoms with E-state index in [1.165, 1.54) is 18.2 Å². The first-order chi connectivity index (χ1) is 12.1. The van der Waals surface area contributed by atoms with Crippen LogP contribution < -0.4 is 0 Å².